The molecule has 1 aromatic rings. The van der Waals surface area contributed by atoms with Crippen LogP contribution in [0.1, 0.15) is 32.4 Å². The maximum Gasteiger partial charge on any atom is 0.276 e. The normalized spacial score (nSPS) is 18.5. The van der Waals surface area contributed by atoms with Crippen molar-refractivity contribution in [3.63, 3.8) is 0 Å². The van der Waals surface area contributed by atoms with Gasteiger partial charge in [0.05, 0.1) is 12.6 Å². The van der Waals surface area contributed by atoms with Gasteiger partial charge in [0.1, 0.15) is 5.76 Å². The van der Waals surface area contributed by atoms with E-state index in [9.17, 15) is 8.42 Å². The fourth-order valence-corrected chi connectivity index (χ4v) is 3.73. The number of nitrogens with one attached hydrogen (secondary N) is 1. The fourth-order valence-electron chi connectivity index (χ4n) is 2.33. The van der Waals surface area contributed by atoms with Gasteiger partial charge in [-0.2, -0.15) is 4.31 Å². The molecule has 0 saturated carbocycles. The first-order valence-electron chi connectivity index (χ1n) is 7.28. The Balaban J connectivity index is 2.03. The number of ether oxygens (including phenoxy) is 1. The third-order valence-corrected chi connectivity index (χ3v) is 5.42. The van der Waals surface area contributed by atoms with Crippen LogP contribution in [-0.4, -0.2) is 45.1 Å². The predicted molar refractivity (Wildman–Crippen MR) is 79.5 cm³/mol. The van der Waals surface area contributed by atoms with Crippen LogP contribution in [0.2, 0.25) is 0 Å². The molecule has 0 amide bonds. The molecule has 0 bridgehead atoms. The number of methoxy groups -OCH3 is 1. The molecule has 6 nitrogen and oxygen atoms in total. The third-order valence-electron chi connectivity index (χ3n) is 3.65. The lowest BCUT2D eigenvalue weighted by Crippen LogP contribution is -2.40. The molecule has 7 heteroatoms. The van der Waals surface area contributed by atoms with Gasteiger partial charge < -0.3 is 14.5 Å². The second kappa shape index (κ2) is 6.91. The number of sulfonamides is 1. The van der Waals surface area contributed by atoms with E-state index in [0.29, 0.717) is 31.4 Å². The van der Waals surface area contributed by atoms with Gasteiger partial charge in [0, 0.05) is 26.2 Å². The van der Waals surface area contributed by atoms with Gasteiger partial charge in [0.25, 0.3) is 10.0 Å². The first-order valence-corrected chi connectivity index (χ1v) is 8.72. The molecule has 120 valence electrons. The van der Waals surface area contributed by atoms with Crippen molar-refractivity contribution in [1.82, 2.24) is 9.62 Å². The van der Waals surface area contributed by atoms with Crippen molar-refractivity contribution in [2.75, 3.05) is 20.2 Å². The van der Waals surface area contributed by atoms with Crippen LogP contribution in [0.25, 0.3) is 0 Å². The van der Waals surface area contributed by atoms with Crippen molar-refractivity contribution in [1.29, 1.82) is 0 Å². The minimum atomic E-state index is -3.53. The molecule has 0 aromatic carbocycles. The van der Waals surface area contributed by atoms with Gasteiger partial charge in [-0.25, -0.2) is 8.42 Å². The van der Waals surface area contributed by atoms with Crippen LogP contribution in [0.5, 0.6) is 0 Å². The molecular formula is C14H24N2O4S. The number of piperidine rings is 1. The smallest absolute Gasteiger partial charge is 0.276 e. The van der Waals surface area contributed by atoms with Crippen molar-refractivity contribution < 1.29 is 17.6 Å². The quantitative estimate of drug-likeness (QED) is 0.862. The monoisotopic (exact) mass is 316 g/mol. The van der Waals surface area contributed by atoms with E-state index in [0.717, 1.165) is 12.8 Å². The van der Waals surface area contributed by atoms with Crippen LogP contribution in [0, 0.1) is 0 Å². The molecule has 2 rings (SSSR count). The molecular weight excluding hydrogens is 292 g/mol. The Morgan fingerprint density at radius 1 is 1.38 bits per heavy atom. The Hall–Kier alpha value is -0.890. The average Bonchev–Trinajstić information content (AvgIpc) is 2.95. The molecule has 1 aliphatic rings. The maximum absolute atomic E-state index is 12.5. The zero-order valence-electron chi connectivity index (χ0n) is 12.8. The molecule has 0 unspecified atom stereocenters. The summed E-state index contributed by atoms with van der Waals surface area (Å²) in [5, 5.41) is 3.23. The predicted octanol–water partition coefficient (Wildman–Crippen LogP) is 1.58. The van der Waals surface area contributed by atoms with E-state index in [1.807, 2.05) is 13.8 Å². The van der Waals surface area contributed by atoms with E-state index >= 15 is 0 Å². The van der Waals surface area contributed by atoms with Crippen LogP contribution in [0.3, 0.4) is 0 Å². The zero-order valence-corrected chi connectivity index (χ0v) is 13.6. The summed E-state index contributed by atoms with van der Waals surface area (Å²) in [7, 11) is -1.87. The first-order chi connectivity index (χ1) is 9.93. The minimum Gasteiger partial charge on any atom is -0.447 e. The number of furan rings is 1. The summed E-state index contributed by atoms with van der Waals surface area (Å²) in [5.74, 6) is 0.633. The lowest BCUT2D eigenvalue weighted by Gasteiger charge is -2.29. The number of hydrogen-bond donors (Lipinski definition) is 1. The van der Waals surface area contributed by atoms with Gasteiger partial charge in [-0.1, -0.05) is 13.8 Å². The molecule has 1 N–H and O–H groups in total. The van der Waals surface area contributed by atoms with Crippen LogP contribution in [0.15, 0.2) is 21.6 Å². The van der Waals surface area contributed by atoms with E-state index in [4.69, 9.17) is 9.15 Å². The number of rotatable bonds is 6. The summed E-state index contributed by atoms with van der Waals surface area (Å²) in [6, 6.07) is 3.57. The molecule has 1 aromatic heterocycles. The number of hydrogen-bond acceptors (Lipinski definition) is 5. The molecule has 0 atom stereocenters. The van der Waals surface area contributed by atoms with Crippen molar-refractivity contribution in [2.45, 2.75) is 50.5 Å². The van der Waals surface area contributed by atoms with Gasteiger partial charge >= 0.3 is 0 Å². The van der Waals surface area contributed by atoms with Gasteiger partial charge in [-0.15, -0.1) is 0 Å². The van der Waals surface area contributed by atoms with Gasteiger partial charge in [-0.3, -0.25) is 0 Å². The Morgan fingerprint density at radius 2 is 2.05 bits per heavy atom. The van der Waals surface area contributed by atoms with Gasteiger partial charge in [0.15, 0.2) is 0 Å². The number of nitrogens with zero attached hydrogens (tertiary/aromatic N) is 1. The molecule has 1 aliphatic heterocycles. The summed E-state index contributed by atoms with van der Waals surface area (Å²) in [4.78, 5) is 0. The largest absolute Gasteiger partial charge is 0.447 e. The van der Waals surface area contributed by atoms with Crippen LogP contribution in [-0.2, 0) is 21.3 Å². The summed E-state index contributed by atoms with van der Waals surface area (Å²) in [5.41, 5.74) is 0. The zero-order chi connectivity index (χ0) is 15.5. The molecule has 21 heavy (non-hydrogen) atoms. The van der Waals surface area contributed by atoms with Gasteiger partial charge in [0.2, 0.25) is 5.09 Å². The lowest BCUT2D eigenvalue weighted by molar-refractivity contribution is 0.0601. The molecule has 2 heterocycles. The van der Waals surface area contributed by atoms with Crippen LogP contribution < -0.4 is 5.32 Å². The molecule has 1 saturated heterocycles. The van der Waals surface area contributed by atoms with Gasteiger partial charge in [-0.05, 0) is 25.0 Å². The maximum atomic E-state index is 12.5. The van der Waals surface area contributed by atoms with E-state index in [2.05, 4.69) is 5.32 Å². The highest BCUT2D eigenvalue weighted by atomic mass is 32.2. The van der Waals surface area contributed by atoms with Crippen LogP contribution in [0.4, 0.5) is 0 Å². The standard InChI is InChI=1S/C14H24N2O4S/c1-11(2)15-10-13-4-5-14(20-13)21(17,18)16-8-6-12(19-3)7-9-16/h4-5,11-12,15H,6-10H2,1-3H3. The van der Waals surface area contributed by atoms with E-state index < -0.39 is 10.0 Å². The average molecular weight is 316 g/mol. The summed E-state index contributed by atoms with van der Waals surface area (Å²) < 4.78 is 37.2. The second-order valence-electron chi connectivity index (χ2n) is 5.60. The Labute approximate surface area is 126 Å². The molecule has 1 fully saturated rings. The van der Waals surface area contributed by atoms with Crippen molar-refractivity contribution in [3.05, 3.63) is 17.9 Å². The topological polar surface area (TPSA) is 71.8 Å². The SMILES string of the molecule is COC1CCN(S(=O)(=O)c2ccc(CNC(C)C)o2)CC1. The molecule has 0 spiro atoms. The highest BCUT2D eigenvalue weighted by Crippen LogP contribution is 2.23. The molecule has 0 aliphatic carbocycles. The minimum absolute atomic E-state index is 0.0268. The summed E-state index contributed by atoms with van der Waals surface area (Å²) in [6.45, 7) is 5.53. The van der Waals surface area contributed by atoms with Crippen molar-refractivity contribution in [2.24, 2.45) is 0 Å². The summed E-state index contributed by atoms with van der Waals surface area (Å²) >= 11 is 0. The van der Waals surface area contributed by atoms with Crippen molar-refractivity contribution >= 4 is 10.0 Å². The lowest BCUT2D eigenvalue weighted by atomic mass is 10.1. The van der Waals surface area contributed by atoms with Crippen molar-refractivity contribution in [3.8, 4) is 0 Å². The fraction of sp³-hybridized carbons (Fsp3) is 0.714. The van der Waals surface area contributed by atoms with E-state index in [1.54, 1.807) is 13.2 Å². The highest BCUT2D eigenvalue weighted by molar-refractivity contribution is 7.89. The Morgan fingerprint density at radius 3 is 2.62 bits per heavy atom. The third kappa shape index (κ3) is 4.06. The Kier molecular flexibility index (Phi) is 5.43. The second-order valence-corrected chi connectivity index (χ2v) is 7.46. The van der Waals surface area contributed by atoms with Crippen LogP contribution >= 0.6 is 0 Å². The highest BCUT2D eigenvalue weighted by Gasteiger charge is 2.31. The Bertz CT molecular complexity index is 545. The van der Waals surface area contributed by atoms with E-state index in [1.165, 1.54) is 10.4 Å². The first kappa shape index (κ1) is 16.5. The van der Waals surface area contributed by atoms with E-state index in [-0.39, 0.29) is 11.2 Å². The summed E-state index contributed by atoms with van der Waals surface area (Å²) in [6.07, 6.45) is 1.59. The molecule has 0 radical (unpaired) electrons.